The number of nitrogens with zero attached hydrogens (tertiary/aromatic N) is 2. The Balaban J connectivity index is 2.08. The summed E-state index contributed by atoms with van der Waals surface area (Å²) in [5, 5.41) is 8.87. The smallest absolute Gasteiger partial charge is 0.0820 e. The molecule has 1 aromatic rings. The van der Waals surface area contributed by atoms with Crippen LogP contribution in [0.4, 0.5) is 0 Å². The molecule has 0 aliphatic heterocycles. The van der Waals surface area contributed by atoms with Crippen LogP contribution in [-0.2, 0) is 0 Å². The van der Waals surface area contributed by atoms with Gasteiger partial charge in [-0.2, -0.15) is 5.10 Å². The van der Waals surface area contributed by atoms with E-state index in [0.29, 0.717) is 17.9 Å². The molecule has 4 heteroatoms. The Hall–Kier alpha value is -0.540. The zero-order chi connectivity index (χ0) is 14.2. The van der Waals surface area contributed by atoms with Crippen LogP contribution >= 0.6 is 11.6 Å². The molecule has 2 rings (SSSR count). The molecule has 1 aliphatic rings. The average molecular weight is 284 g/mol. The summed E-state index contributed by atoms with van der Waals surface area (Å²) in [4.78, 5) is 0. The van der Waals surface area contributed by atoms with Gasteiger partial charge in [-0.1, -0.05) is 11.6 Å². The Kier molecular flexibility index (Phi) is 4.26. The van der Waals surface area contributed by atoms with Crippen molar-refractivity contribution < 1.29 is 0 Å². The van der Waals surface area contributed by atoms with Crippen molar-refractivity contribution >= 4 is 11.6 Å². The number of nitrogens with one attached hydrogen (secondary N) is 1. The lowest BCUT2D eigenvalue weighted by Gasteiger charge is -2.39. The van der Waals surface area contributed by atoms with Gasteiger partial charge in [0.2, 0.25) is 0 Å². The van der Waals surface area contributed by atoms with Crippen molar-refractivity contribution in [2.45, 2.75) is 65.0 Å². The molecule has 1 N–H and O–H groups in total. The molecule has 1 saturated carbocycles. The van der Waals surface area contributed by atoms with Crippen LogP contribution in [0.3, 0.4) is 0 Å². The second kappa shape index (κ2) is 5.45. The minimum atomic E-state index is 0.183. The van der Waals surface area contributed by atoms with Gasteiger partial charge in [0, 0.05) is 17.5 Å². The van der Waals surface area contributed by atoms with Gasteiger partial charge in [0.05, 0.1) is 16.9 Å². The van der Waals surface area contributed by atoms with E-state index in [1.807, 2.05) is 0 Å². The summed E-state index contributed by atoms with van der Waals surface area (Å²) in [6.45, 7) is 12.0. The molecule has 0 bridgehead atoms. The topological polar surface area (TPSA) is 29.9 Å². The van der Waals surface area contributed by atoms with Crippen LogP contribution in [0.2, 0.25) is 5.02 Å². The Morgan fingerprint density at radius 1 is 1.42 bits per heavy atom. The van der Waals surface area contributed by atoms with Crippen LogP contribution < -0.4 is 5.32 Å². The number of hydrogen-bond donors (Lipinski definition) is 1. The van der Waals surface area contributed by atoms with Crippen molar-refractivity contribution in [3.05, 3.63) is 16.9 Å². The fourth-order valence-corrected chi connectivity index (χ4v) is 2.99. The molecule has 0 aromatic carbocycles. The van der Waals surface area contributed by atoms with Crippen molar-refractivity contribution in [3.63, 3.8) is 0 Å². The summed E-state index contributed by atoms with van der Waals surface area (Å²) >= 11 is 6.35. The van der Waals surface area contributed by atoms with Crippen molar-refractivity contribution in [1.29, 1.82) is 0 Å². The van der Waals surface area contributed by atoms with E-state index in [1.165, 1.54) is 18.5 Å². The molecule has 0 spiro atoms. The number of halogens is 1. The fraction of sp³-hybridized carbons (Fsp3) is 0.800. The third-order valence-electron chi connectivity index (χ3n) is 3.94. The lowest BCUT2D eigenvalue weighted by molar-refractivity contribution is 0.214. The predicted octanol–water partition coefficient (Wildman–Crippen LogP) is 4.00. The Morgan fingerprint density at radius 3 is 2.58 bits per heavy atom. The van der Waals surface area contributed by atoms with Gasteiger partial charge in [-0.25, -0.2) is 0 Å². The minimum absolute atomic E-state index is 0.183. The van der Waals surface area contributed by atoms with Gasteiger partial charge in [0.1, 0.15) is 0 Å². The Bertz CT molecular complexity index is 431. The third-order valence-corrected chi connectivity index (χ3v) is 4.23. The molecule has 1 aromatic heterocycles. The summed E-state index contributed by atoms with van der Waals surface area (Å²) in [7, 11) is 0. The van der Waals surface area contributed by atoms with Crippen molar-refractivity contribution in [2.24, 2.45) is 5.92 Å². The predicted molar refractivity (Wildman–Crippen MR) is 80.8 cm³/mol. The average Bonchev–Trinajstić information content (AvgIpc) is 2.58. The summed E-state index contributed by atoms with van der Waals surface area (Å²) in [5.41, 5.74) is 1.42. The maximum atomic E-state index is 6.35. The standard InChI is InChI=1S/C15H26ClN3/c1-10(2)19-14(13(16)9-18-19)12-7-6-11(12)8-17-15(3,4)5/h9-12,17H,6-8H2,1-5H3. The molecule has 0 amide bonds. The third kappa shape index (κ3) is 3.32. The second-order valence-electron chi connectivity index (χ2n) is 6.99. The SMILES string of the molecule is CC(C)n1ncc(Cl)c1C1CCC1CNC(C)(C)C. The molecular formula is C15H26ClN3. The molecule has 108 valence electrons. The molecule has 1 fully saturated rings. The van der Waals surface area contributed by atoms with Gasteiger partial charge in [0.15, 0.2) is 0 Å². The van der Waals surface area contributed by atoms with Crippen molar-refractivity contribution in [1.82, 2.24) is 15.1 Å². The van der Waals surface area contributed by atoms with Crippen LogP contribution in [0.5, 0.6) is 0 Å². The van der Waals surface area contributed by atoms with Crippen LogP contribution in [0.25, 0.3) is 0 Å². The fourth-order valence-electron chi connectivity index (χ4n) is 2.72. The highest BCUT2D eigenvalue weighted by Crippen LogP contribution is 2.45. The summed E-state index contributed by atoms with van der Waals surface area (Å²) in [6, 6.07) is 0.374. The van der Waals surface area contributed by atoms with Crippen molar-refractivity contribution in [2.75, 3.05) is 6.54 Å². The van der Waals surface area contributed by atoms with E-state index in [-0.39, 0.29) is 5.54 Å². The zero-order valence-electron chi connectivity index (χ0n) is 12.7. The molecule has 1 aliphatic carbocycles. The number of rotatable bonds is 4. The Labute approximate surface area is 121 Å². The lowest BCUT2D eigenvalue weighted by atomic mass is 9.71. The van der Waals surface area contributed by atoms with E-state index in [9.17, 15) is 0 Å². The summed E-state index contributed by atoms with van der Waals surface area (Å²) < 4.78 is 2.09. The van der Waals surface area contributed by atoms with Gasteiger partial charge in [-0.15, -0.1) is 0 Å². The first-order valence-corrected chi connectivity index (χ1v) is 7.65. The quantitative estimate of drug-likeness (QED) is 0.905. The molecule has 3 nitrogen and oxygen atoms in total. The monoisotopic (exact) mass is 283 g/mol. The van der Waals surface area contributed by atoms with Gasteiger partial charge in [-0.3, -0.25) is 4.68 Å². The van der Waals surface area contributed by atoms with Gasteiger partial charge in [0.25, 0.3) is 0 Å². The highest BCUT2D eigenvalue weighted by Gasteiger charge is 2.36. The van der Waals surface area contributed by atoms with Gasteiger partial charge < -0.3 is 5.32 Å². The number of aromatic nitrogens is 2. The largest absolute Gasteiger partial charge is 0.312 e. The van der Waals surface area contributed by atoms with E-state index < -0.39 is 0 Å². The maximum Gasteiger partial charge on any atom is 0.0820 e. The molecule has 19 heavy (non-hydrogen) atoms. The molecule has 2 unspecified atom stereocenters. The minimum Gasteiger partial charge on any atom is -0.312 e. The van der Waals surface area contributed by atoms with E-state index in [0.717, 1.165) is 11.6 Å². The first kappa shape index (κ1) is 14.9. The molecule has 2 atom stereocenters. The molecular weight excluding hydrogens is 258 g/mol. The second-order valence-corrected chi connectivity index (χ2v) is 7.40. The van der Waals surface area contributed by atoms with E-state index in [4.69, 9.17) is 11.6 Å². The normalized spacial score (nSPS) is 23.7. The zero-order valence-corrected chi connectivity index (χ0v) is 13.5. The maximum absolute atomic E-state index is 6.35. The highest BCUT2D eigenvalue weighted by molar-refractivity contribution is 6.31. The highest BCUT2D eigenvalue weighted by atomic mass is 35.5. The lowest BCUT2D eigenvalue weighted by Crippen LogP contribution is -2.43. The van der Waals surface area contributed by atoms with E-state index in [1.54, 1.807) is 6.20 Å². The Morgan fingerprint density at radius 2 is 2.11 bits per heavy atom. The molecule has 0 radical (unpaired) electrons. The number of hydrogen-bond acceptors (Lipinski definition) is 2. The van der Waals surface area contributed by atoms with Crippen molar-refractivity contribution in [3.8, 4) is 0 Å². The van der Waals surface area contributed by atoms with Gasteiger partial charge >= 0.3 is 0 Å². The van der Waals surface area contributed by atoms with E-state index in [2.05, 4.69) is 49.7 Å². The van der Waals surface area contributed by atoms with Crippen LogP contribution in [0, 0.1) is 5.92 Å². The van der Waals surface area contributed by atoms with Crippen LogP contribution in [0.1, 0.15) is 65.1 Å². The molecule has 1 heterocycles. The van der Waals surface area contributed by atoms with E-state index >= 15 is 0 Å². The summed E-state index contributed by atoms with van der Waals surface area (Å²) in [6.07, 6.45) is 4.31. The summed E-state index contributed by atoms with van der Waals surface area (Å²) in [5.74, 6) is 1.25. The molecule has 0 saturated heterocycles. The van der Waals surface area contributed by atoms with Crippen LogP contribution in [0.15, 0.2) is 6.20 Å². The first-order chi connectivity index (χ1) is 8.79. The van der Waals surface area contributed by atoms with Crippen LogP contribution in [-0.4, -0.2) is 21.9 Å². The first-order valence-electron chi connectivity index (χ1n) is 7.27. The van der Waals surface area contributed by atoms with Gasteiger partial charge in [-0.05, 0) is 59.9 Å².